The van der Waals surface area contributed by atoms with Crippen LogP contribution < -0.4 is 4.74 Å². The molecule has 0 spiro atoms. The molecule has 1 saturated heterocycles. The normalized spacial score (nSPS) is 32.5. The van der Waals surface area contributed by atoms with E-state index in [2.05, 4.69) is 0 Å². The molecule has 1 aliphatic heterocycles. The summed E-state index contributed by atoms with van der Waals surface area (Å²) in [5.74, 6) is -3.73. The van der Waals surface area contributed by atoms with Crippen LogP contribution in [0.15, 0.2) is 30.2 Å². The molecule has 0 aliphatic carbocycles. The first-order chi connectivity index (χ1) is 13.0. The summed E-state index contributed by atoms with van der Waals surface area (Å²) in [4.78, 5) is 21.9. The molecule has 0 radical (unpaired) electrons. The predicted octanol–water partition coefficient (Wildman–Crippen LogP) is -0.945. The number of rotatable bonds is 5. The number of aliphatic carboxylic acids is 2. The van der Waals surface area contributed by atoms with Crippen LogP contribution >= 0.6 is 0 Å². The molecule has 1 fully saturated rings. The lowest BCUT2D eigenvalue weighted by atomic mass is 9.99. The SMILES string of the molecule is [2H]c1c([2H])c([2H])c(O[C@@H]2O[C@H](C(=O)O)[C@@H](O)[C@H](O)[C@H]2O)c(/C=C/C(=O)O)c1[2H]. The molecule has 0 unspecified atom stereocenters. The van der Waals surface area contributed by atoms with Gasteiger partial charge in [0.15, 0.2) is 6.10 Å². The van der Waals surface area contributed by atoms with Crippen LogP contribution in [0.1, 0.15) is 11.0 Å². The second-order valence-corrected chi connectivity index (χ2v) is 4.77. The maximum Gasteiger partial charge on any atom is 0.335 e. The molecule has 9 heteroatoms. The molecule has 2 rings (SSSR count). The lowest BCUT2D eigenvalue weighted by Gasteiger charge is -2.38. The van der Waals surface area contributed by atoms with E-state index < -0.39 is 78.1 Å². The zero-order valence-electron chi connectivity index (χ0n) is 15.9. The fourth-order valence-corrected chi connectivity index (χ4v) is 1.94. The molecule has 0 saturated carbocycles. The average molecular weight is 344 g/mol. The van der Waals surface area contributed by atoms with E-state index in [-0.39, 0.29) is 0 Å². The lowest BCUT2D eigenvalue weighted by Crippen LogP contribution is -2.61. The molecule has 24 heavy (non-hydrogen) atoms. The van der Waals surface area contributed by atoms with E-state index in [0.717, 1.165) is 6.08 Å². The van der Waals surface area contributed by atoms with Crippen molar-refractivity contribution >= 4 is 18.0 Å². The van der Waals surface area contributed by atoms with E-state index in [1.165, 1.54) is 0 Å². The van der Waals surface area contributed by atoms with Gasteiger partial charge < -0.3 is 35.0 Å². The minimum absolute atomic E-state index is 0.406. The molecule has 1 aliphatic rings. The van der Waals surface area contributed by atoms with Crippen molar-refractivity contribution in [2.24, 2.45) is 0 Å². The highest BCUT2D eigenvalue weighted by Crippen LogP contribution is 2.27. The Morgan fingerprint density at radius 1 is 1.12 bits per heavy atom. The van der Waals surface area contributed by atoms with Crippen LogP contribution in [0.2, 0.25) is 0 Å². The van der Waals surface area contributed by atoms with Crippen molar-refractivity contribution in [1.29, 1.82) is 0 Å². The molecular formula is C15H16O9. The number of hydrogen-bond donors (Lipinski definition) is 5. The van der Waals surface area contributed by atoms with Crippen LogP contribution in [-0.4, -0.2) is 68.2 Å². The van der Waals surface area contributed by atoms with Gasteiger partial charge >= 0.3 is 11.9 Å². The lowest BCUT2D eigenvalue weighted by molar-refractivity contribution is -0.271. The van der Waals surface area contributed by atoms with Gasteiger partial charge in [0.1, 0.15) is 24.1 Å². The zero-order valence-corrected chi connectivity index (χ0v) is 11.9. The molecule has 1 aromatic rings. The number of benzene rings is 1. The van der Waals surface area contributed by atoms with Crippen molar-refractivity contribution in [2.45, 2.75) is 30.7 Å². The second kappa shape index (κ2) is 7.41. The highest BCUT2D eigenvalue weighted by Gasteiger charge is 2.48. The van der Waals surface area contributed by atoms with Gasteiger partial charge in [0.25, 0.3) is 0 Å². The minimum atomic E-state index is -1.99. The Bertz CT molecular complexity index is 828. The average Bonchev–Trinajstić information content (AvgIpc) is 2.63. The molecule has 130 valence electrons. The van der Waals surface area contributed by atoms with Gasteiger partial charge in [0.05, 0.1) is 5.48 Å². The zero-order chi connectivity index (χ0) is 21.3. The number of para-hydroxylation sites is 1. The Morgan fingerprint density at radius 2 is 1.79 bits per heavy atom. The Labute approximate surface area is 141 Å². The fraction of sp³-hybridized carbons (Fsp3) is 0.333. The molecule has 5 N–H and O–H groups in total. The first kappa shape index (κ1) is 12.9. The molecule has 5 atom stereocenters. The van der Waals surface area contributed by atoms with Gasteiger partial charge in [-0.1, -0.05) is 18.1 Å². The van der Waals surface area contributed by atoms with E-state index in [1.807, 2.05) is 0 Å². The van der Waals surface area contributed by atoms with Gasteiger partial charge in [0, 0.05) is 11.6 Å². The number of aliphatic hydroxyl groups excluding tert-OH is 3. The van der Waals surface area contributed by atoms with Crippen LogP contribution in [0.5, 0.6) is 5.75 Å². The summed E-state index contributed by atoms with van der Waals surface area (Å²) >= 11 is 0. The molecular weight excluding hydrogens is 324 g/mol. The third-order valence-electron chi connectivity index (χ3n) is 3.12. The third-order valence-corrected chi connectivity index (χ3v) is 3.12. The van der Waals surface area contributed by atoms with Gasteiger partial charge in [-0.2, -0.15) is 0 Å². The summed E-state index contributed by atoms with van der Waals surface area (Å²) in [6.07, 6.45) is -8.46. The quantitative estimate of drug-likeness (QED) is 0.425. The van der Waals surface area contributed by atoms with Crippen LogP contribution in [0, 0.1) is 0 Å². The van der Waals surface area contributed by atoms with Crippen molar-refractivity contribution in [3.8, 4) is 5.75 Å². The summed E-state index contributed by atoms with van der Waals surface area (Å²) < 4.78 is 41.2. The number of hydrogen-bond acceptors (Lipinski definition) is 7. The highest BCUT2D eigenvalue weighted by atomic mass is 16.7. The number of carbonyl (C=O) groups is 2. The molecule has 1 heterocycles. The highest BCUT2D eigenvalue weighted by molar-refractivity contribution is 5.85. The maximum atomic E-state index is 11.1. The van der Waals surface area contributed by atoms with E-state index in [1.54, 1.807) is 0 Å². The first-order valence-electron chi connectivity index (χ1n) is 8.57. The summed E-state index contributed by atoms with van der Waals surface area (Å²) in [5.41, 5.74) is -0.406. The third kappa shape index (κ3) is 3.89. The number of ether oxygens (including phenoxy) is 2. The van der Waals surface area contributed by atoms with Crippen LogP contribution in [-0.2, 0) is 14.3 Å². The molecule has 1 aromatic carbocycles. The van der Waals surface area contributed by atoms with Crippen molar-refractivity contribution in [1.82, 2.24) is 0 Å². The Kier molecular flexibility index (Phi) is 3.98. The Morgan fingerprint density at radius 3 is 2.42 bits per heavy atom. The topological polar surface area (TPSA) is 154 Å². The van der Waals surface area contributed by atoms with Crippen molar-refractivity contribution in [2.75, 3.05) is 0 Å². The van der Waals surface area contributed by atoms with Gasteiger partial charge in [-0.25, -0.2) is 9.59 Å². The van der Waals surface area contributed by atoms with Crippen molar-refractivity contribution in [3.63, 3.8) is 0 Å². The summed E-state index contributed by atoms with van der Waals surface area (Å²) in [5, 5.41) is 47.3. The van der Waals surface area contributed by atoms with Crippen LogP contribution in [0.3, 0.4) is 0 Å². The van der Waals surface area contributed by atoms with Crippen LogP contribution in [0.4, 0.5) is 0 Å². The number of aliphatic hydroxyl groups is 3. The largest absolute Gasteiger partial charge is 0.479 e. The number of carboxylic acid groups (broad SMARTS) is 2. The Balaban J connectivity index is 2.52. The van der Waals surface area contributed by atoms with Gasteiger partial charge in [-0.05, 0) is 12.1 Å². The number of carboxylic acids is 2. The van der Waals surface area contributed by atoms with E-state index in [9.17, 15) is 24.9 Å². The molecule has 9 nitrogen and oxygen atoms in total. The fourth-order valence-electron chi connectivity index (χ4n) is 1.94. The van der Waals surface area contributed by atoms with Crippen molar-refractivity contribution in [3.05, 3.63) is 35.8 Å². The van der Waals surface area contributed by atoms with E-state index >= 15 is 0 Å². The molecule has 0 aromatic heterocycles. The standard InChI is InChI=1S/C15H16O9/c16-9(17)6-5-7-3-1-2-4-8(7)23-15-12(20)10(18)11(19)13(24-15)14(21)22/h1-6,10-13,15,18-20H,(H,16,17)(H,21,22)/b6-5+/t10-,11-,12+,13-,15+/m0/s1/i1D,2D,3D,4D. The van der Waals surface area contributed by atoms with Crippen LogP contribution in [0.25, 0.3) is 6.08 Å². The van der Waals surface area contributed by atoms with Crippen molar-refractivity contribution < 1.29 is 50.1 Å². The summed E-state index contributed by atoms with van der Waals surface area (Å²) in [7, 11) is 0. The minimum Gasteiger partial charge on any atom is -0.479 e. The van der Waals surface area contributed by atoms with Gasteiger partial charge in [-0.3, -0.25) is 0 Å². The summed E-state index contributed by atoms with van der Waals surface area (Å²) in [6, 6.07) is -2.84. The smallest absolute Gasteiger partial charge is 0.335 e. The maximum absolute atomic E-state index is 11.1. The molecule has 0 amide bonds. The summed E-state index contributed by atoms with van der Waals surface area (Å²) in [6.45, 7) is 0. The first-order valence-corrected chi connectivity index (χ1v) is 6.57. The monoisotopic (exact) mass is 344 g/mol. The van der Waals surface area contributed by atoms with Gasteiger partial charge in [-0.15, -0.1) is 0 Å². The van der Waals surface area contributed by atoms with Gasteiger partial charge in [0.2, 0.25) is 6.29 Å². The molecule has 0 bridgehead atoms. The Hall–Kier alpha value is -2.46. The second-order valence-electron chi connectivity index (χ2n) is 4.77. The van der Waals surface area contributed by atoms with E-state index in [0.29, 0.717) is 6.08 Å². The predicted molar refractivity (Wildman–Crippen MR) is 78.1 cm³/mol. The van der Waals surface area contributed by atoms with E-state index in [4.69, 9.17) is 25.2 Å².